The van der Waals surface area contributed by atoms with E-state index in [9.17, 15) is 0 Å². The fraction of sp³-hybridized carbons (Fsp3) is 0.462. The predicted octanol–water partition coefficient (Wildman–Crippen LogP) is 2.99. The summed E-state index contributed by atoms with van der Waals surface area (Å²) in [4.78, 5) is 5.10. The van der Waals surface area contributed by atoms with Crippen LogP contribution in [0.25, 0.3) is 5.65 Å². The molecule has 0 saturated carbocycles. The Morgan fingerprint density at radius 2 is 2.24 bits per heavy atom. The molecule has 2 unspecified atom stereocenters. The van der Waals surface area contributed by atoms with Crippen LogP contribution >= 0.6 is 15.9 Å². The summed E-state index contributed by atoms with van der Waals surface area (Å²) in [5.74, 6) is 0. The molecule has 17 heavy (non-hydrogen) atoms. The number of alkyl halides is 1. The molecule has 1 N–H and O–H groups in total. The van der Waals surface area contributed by atoms with Gasteiger partial charge in [-0.3, -0.25) is 0 Å². The summed E-state index contributed by atoms with van der Waals surface area (Å²) in [6.07, 6.45) is 5.22. The maximum Gasteiger partial charge on any atom is 0.137 e. The van der Waals surface area contributed by atoms with E-state index in [1.165, 1.54) is 0 Å². The lowest BCUT2D eigenvalue weighted by Crippen LogP contribution is -2.27. The highest BCUT2D eigenvalue weighted by molar-refractivity contribution is 9.09. The third-order valence-electron chi connectivity index (χ3n) is 2.72. The molecule has 0 aliphatic carbocycles. The molecule has 0 radical (unpaired) electrons. The number of halogens is 1. The Hall–Kier alpha value is -0.870. The average molecular weight is 296 g/mol. The number of hydrogen-bond acceptors (Lipinski definition) is 2. The number of rotatable bonds is 5. The van der Waals surface area contributed by atoms with Gasteiger partial charge in [0.25, 0.3) is 0 Å². The highest BCUT2D eigenvalue weighted by Gasteiger charge is 2.06. The van der Waals surface area contributed by atoms with Crippen molar-refractivity contribution in [3.05, 3.63) is 36.3 Å². The third kappa shape index (κ3) is 3.54. The summed E-state index contributed by atoms with van der Waals surface area (Å²) in [7, 11) is 0. The summed E-state index contributed by atoms with van der Waals surface area (Å²) in [5, 5.41) is 3.49. The van der Waals surface area contributed by atoms with E-state index in [0.29, 0.717) is 10.9 Å². The van der Waals surface area contributed by atoms with E-state index in [1.54, 1.807) is 0 Å². The number of nitrogens with zero attached hydrogens (tertiary/aromatic N) is 2. The van der Waals surface area contributed by atoms with Gasteiger partial charge in [0.2, 0.25) is 0 Å². The first-order chi connectivity index (χ1) is 8.15. The van der Waals surface area contributed by atoms with Crippen molar-refractivity contribution in [3.8, 4) is 0 Å². The highest BCUT2D eigenvalue weighted by Crippen LogP contribution is 2.08. The van der Waals surface area contributed by atoms with E-state index in [-0.39, 0.29) is 0 Å². The Bertz CT molecular complexity index is 445. The molecule has 4 heteroatoms. The highest BCUT2D eigenvalue weighted by atomic mass is 79.9. The van der Waals surface area contributed by atoms with Gasteiger partial charge in [-0.05, 0) is 25.5 Å². The fourth-order valence-corrected chi connectivity index (χ4v) is 2.48. The van der Waals surface area contributed by atoms with Crippen LogP contribution in [0.4, 0.5) is 0 Å². The molecule has 0 amide bonds. The van der Waals surface area contributed by atoms with Crippen LogP contribution in [0, 0.1) is 0 Å². The van der Waals surface area contributed by atoms with Gasteiger partial charge in [-0.15, -0.1) is 0 Å². The van der Waals surface area contributed by atoms with Crippen LogP contribution in [-0.2, 0) is 6.54 Å². The summed E-state index contributed by atoms with van der Waals surface area (Å²) in [6, 6.07) is 6.54. The molecule has 0 bridgehead atoms. The fourth-order valence-electron chi connectivity index (χ4n) is 1.92. The van der Waals surface area contributed by atoms with Gasteiger partial charge in [0.1, 0.15) is 5.65 Å². The molecule has 0 aliphatic heterocycles. The Balaban J connectivity index is 1.95. The van der Waals surface area contributed by atoms with Crippen molar-refractivity contribution >= 4 is 21.6 Å². The lowest BCUT2D eigenvalue weighted by Gasteiger charge is -2.13. The minimum atomic E-state index is 0.495. The normalized spacial score (nSPS) is 15.0. The van der Waals surface area contributed by atoms with Crippen LogP contribution in [0.5, 0.6) is 0 Å². The van der Waals surface area contributed by atoms with Crippen molar-refractivity contribution < 1.29 is 0 Å². The van der Waals surface area contributed by atoms with E-state index in [0.717, 1.165) is 24.3 Å². The molecule has 0 spiro atoms. The maximum atomic E-state index is 4.55. The zero-order chi connectivity index (χ0) is 12.3. The molecule has 0 saturated heterocycles. The number of fused-ring (bicyclic) bond motifs is 1. The molecule has 0 aromatic carbocycles. The van der Waals surface area contributed by atoms with E-state index < -0.39 is 0 Å². The molecule has 2 aromatic rings. The number of nitrogens with one attached hydrogen (secondary N) is 1. The maximum absolute atomic E-state index is 4.55. The van der Waals surface area contributed by atoms with Gasteiger partial charge in [0.05, 0.1) is 5.69 Å². The summed E-state index contributed by atoms with van der Waals surface area (Å²) < 4.78 is 2.05. The molecular weight excluding hydrogens is 278 g/mol. The largest absolute Gasteiger partial charge is 0.309 e. The molecule has 3 nitrogen and oxygen atoms in total. The van der Waals surface area contributed by atoms with Gasteiger partial charge in [-0.1, -0.05) is 28.9 Å². The second-order valence-electron chi connectivity index (χ2n) is 4.50. The minimum Gasteiger partial charge on any atom is -0.309 e. The smallest absolute Gasteiger partial charge is 0.137 e. The van der Waals surface area contributed by atoms with Crippen LogP contribution in [0.1, 0.15) is 26.0 Å². The van der Waals surface area contributed by atoms with E-state index in [4.69, 9.17) is 0 Å². The van der Waals surface area contributed by atoms with E-state index in [2.05, 4.69) is 50.7 Å². The Kier molecular flexibility index (Phi) is 4.18. The van der Waals surface area contributed by atoms with Crippen molar-refractivity contribution in [3.63, 3.8) is 0 Å². The topological polar surface area (TPSA) is 29.3 Å². The van der Waals surface area contributed by atoms with Crippen molar-refractivity contribution in [1.29, 1.82) is 0 Å². The Labute approximate surface area is 110 Å². The second-order valence-corrected chi connectivity index (χ2v) is 6.06. The molecule has 2 heterocycles. The van der Waals surface area contributed by atoms with Crippen LogP contribution in [0.3, 0.4) is 0 Å². The SMILES string of the molecule is CC(Br)CC(C)NCc1cn2ccccc2n1. The molecule has 0 aliphatic rings. The quantitative estimate of drug-likeness (QED) is 0.860. The summed E-state index contributed by atoms with van der Waals surface area (Å²) in [5.41, 5.74) is 2.09. The van der Waals surface area contributed by atoms with Gasteiger partial charge < -0.3 is 9.72 Å². The van der Waals surface area contributed by atoms with Crippen molar-refractivity contribution in [2.24, 2.45) is 0 Å². The first-order valence-corrected chi connectivity index (χ1v) is 6.87. The monoisotopic (exact) mass is 295 g/mol. The summed E-state index contributed by atoms with van der Waals surface area (Å²) in [6.45, 7) is 5.19. The number of hydrogen-bond donors (Lipinski definition) is 1. The molecule has 2 rings (SSSR count). The van der Waals surface area contributed by atoms with Crippen LogP contribution in [0.15, 0.2) is 30.6 Å². The van der Waals surface area contributed by atoms with Crippen molar-refractivity contribution in [2.45, 2.75) is 37.7 Å². The second kappa shape index (κ2) is 5.65. The van der Waals surface area contributed by atoms with E-state index >= 15 is 0 Å². The van der Waals surface area contributed by atoms with Crippen molar-refractivity contribution in [1.82, 2.24) is 14.7 Å². The predicted molar refractivity (Wildman–Crippen MR) is 74.5 cm³/mol. The van der Waals surface area contributed by atoms with Gasteiger partial charge in [-0.2, -0.15) is 0 Å². The van der Waals surface area contributed by atoms with Crippen molar-refractivity contribution in [2.75, 3.05) is 0 Å². The van der Waals surface area contributed by atoms with E-state index in [1.807, 2.05) is 24.4 Å². The number of pyridine rings is 1. The zero-order valence-electron chi connectivity index (χ0n) is 10.2. The lowest BCUT2D eigenvalue weighted by atomic mass is 10.2. The molecule has 2 atom stereocenters. The first kappa shape index (κ1) is 12.6. The Morgan fingerprint density at radius 3 is 2.94 bits per heavy atom. The zero-order valence-corrected chi connectivity index (χ0v) is 11.8. The molecule has 0 fully saturated rings. The number of aromatic nitrogens is 2. The number of imidazole rings is 1. The van der Waals surface area contributed by atoms with Crippen LogP contribution in [0.2, 0.25) is 0 Å². The molecular formula is C13H18BrN3. The standard InChI is InChI=1S/C13H18BrN3/c1-10(14)7-11(2)15-8-12-9-17-6-4-3-5-13(17)16-12/h3-6,9-11,15H,7-8H2,1-2H3. The molecule has 92 valence electrons. The van der Waals surface area contributed by atoms with Crippen LogP contribution in [-0.4, -0.2) is 20.3 Å². The van der Waals surface area contributed by atoms with Crippen LogP contribution < -0.4 is 5.32 Å². The molecule has 2 aromatic heterocycles. The summed E-state index contributed by atoms with van der Waals surface area (Å²) >= 11 is 3.57. The average Bonchev–Trinajstić information content (AvgIpc) is 2.68. The van der Waals surface area contributed by atoms with Gasteiger partial charge in [0, 0.05) is 29.8 Å². The van der Waals surface area contributed by atoms with Gasteiger partial charge >= 0.3 is 0 Å². The van der Waals surface area contributed by atoms with Gasteiger partial charge in [0.15, 0.2) is 0 Å². The first-order valence-electron chi connectivity index (χ1n) is 5.95. The Morgan fingerprint density at radius 1 is 1.41 bits per heavy atom. The van der Waals surface area contributed by atoms with Gasteiger partial charge in [-0.25, -0.2) is 4.98 Å². The lowest BCUT2D eigenvalue weighted by molar-refractivity contribution is 0.512. The minimum absolute atomic E-state index is 0.495. The third-order valence-corrected chi connectivity index (χ3v) is 3.10.